The van der Waals surface area contributed by atoms with E-state index in [9.17, 15) is 9.59 Å². The molecule has 1 aliphatic heterocycles. The van der Waals surface area contributed by atoms with Crippen LogP contribution in [0.5, 0.6) is 0 Å². The third-order valence-electron chi connectivity index (χ3n) is 6.03. The first-order valence-corrected chi connectivity index (χ1v) is 11.0. The minimum atomic E-state index is -0.583. The maximum atomic E-state index is 13.6. The lowest BCUT2D eigenvalue weighted by Gasteiger charge is -2.26. The van der Waals surface area contributed by atoms with Crippen LogP contribution < -0.4 is 10.3 Å². The van der Waals surface area contributed by atoms with Crippen molar-refractivity contribution in [3.8, 4) is 0 Å². The van der Waals surface area contributed by atoms with Gasteiger partial charge in [0, 0.05) is 10.7 Å². The van der Waals surface area contributed by atoms with Gasteiger partial charge in [0.1, 0.15) is 5.58 Å². The Morgan fingerprint density at radius 1 is 0.969 bits per heavy atom. The lowest BCUT2D eigenvalue weighted by Crippen LogP contribution is -2.29. The first-order valence-electron chi connectivity index (χ1n) is 10.6. The molecule has 5 heteroatoms. The van der Waals surface area contributed by atoms with Crippen molar-refractivity contribution in [3.05, 3.63) is 110 Å². The molecule has 0 aliphatic carbocycles. The van der Waals surface area contributed by atoms with Crippen molar-refractivity contribution in [2.75, 3.05) is 4.90 Å². The number of aryl methyl sites for hydroxylation is 1. The predicted octanol–water partition coefficient (Wildman–Crippen LogP) is 6.63. The second-order valence-electron chi connectivity index (χ2n) is 8.55. The molecule has 5 rings (SSSR count). The number of halogens is 1. The van der Waals surface area contributed by atoms with Crippen LogP contribution in [-0.4, -0.2) is 5.91 Å². The van der Waals surface area contributed by atoms with E-state index in [-0.39, 0.29) is 17.1 Å². The molecule has 0 saturated carbocycles. The van der Waals surface area contributed by atoms with E-state index >= 15 is 0 Å². The van der Waals surface area contributed by atoms with Crippen molar-refractivity contribution in [2.24, 2.45) is 0 Å². The van der Waals surface area contributed by atoms with Crippen molar-refractivity contribution >= 4 is 34.2 Å². The van der Waals surface area contributed by atoms with Crippen LogP contribution in [0.1, 0.15) is 58.6 Å². The van der Waals surface area contributed by atoms with E-state index in [0.29, 0.717) is 27.5 Å². The molecule has 1 aromatic heterocycles. The van der Waals surface area contributed by atoms with E-state index in [0.717, 1.165) is 16.8 Å². The van der Waals surface area contributed by atoms with Gasteiger partial charge >= 0.3 is 0 Å². The summed E-state index contributed by atoms with van der Waals surface area (Å²) in [7, 11) is 0. The molecule has 0 radical (unpaired) electrons. The van der Waals surface area contributed by atoms with E-state index in [1.54, 1.807) is 23.1 Å². The summed E-state index contributed by atoms with van der Waals surface area (Å²) in [5, 5.41) is 0.821. The zero-order valence-corrected chi connectivity index (χ0v) is 18.8. The van der Waals surface area contributed by atoms with E-state index < -0.39 is 6.04 Å². The first-order chi connectivity index (χ1) is 15.3. The zero-order chi connectivity index (χ0) is 22.6. The van der Waals surface area contributed by atoms with Gasteiger partial charge in [-0.25, -0.2) is 0 Å². The number of anilines is 1. The number of carbonyl (C=O) groups excluding carboxylic acids is 1. The molecule has 1 aliphatic rings. The second-order valence-corrected chi connectivity index (χ2v) is 8.99. The third kappa shape index (κ3) is 3.23. The van der Waals surface area contributed by atoms with Gasteiger partial charge in [0.2, 0.25) is 5.76 Å². The highest BCUT2D eigenvalue weighted by molar-refractivity contribution is 6.31. The second kappa shape index (κ2) is 7.64. The van der Waals surface area contributed by atoms with Crippen LogP contribution in [0.25, 0.3) is 11.0 Å². The van der Waals surface area contributed by atoms with Gasteiger partial charge in [-0.1, -0.05) is 61.8 Å². The number of benzene rings is 3. The number of fused-ring (bicyclic) bond motifs is 2. The van der Waals surface area contributed by atoms with E-state index in [1.165, 1.54) is 5.56 Å². The molecular weight excluding hydrogens is 422 g/mol. The number of hydrogen-bond donors (Lipinski definition) is 0. The average Bonchev–Trinajstić information content (AvgIpc) is 3.07. The Balaban J connectivity index is 1.79. The average molecular weight is 444 g/mol. The van der Waals surface area contributed by atoms with E-state index in [1.807, 2.05) is 43.3 Å². The van der Waals surface area contributed by atoms with Gasteiger partial charge in [-0.05, 0) is 59.9 Å². The van der Waals surface area contributed by atoms with Crippen molar-refractivity contribution in [2.45, 2.75) is 32.7 Å². The van der Waals surface area contributed by atoms with Crippen LogP contribution in [0.4, 0.5) is 5.69 Å². The van der Waals surface area contributed by atoms with Gasteiger partial charge in [-0.2, -0.15) is 0 Å². The fraction of sp³-hybridized carbons (Fsp3) is 0.185. The Morgan fingerprint density at radius 2 is 1.72 bits per heavy atom. The number of nitrogens with zero attached hydrogens (tertiary/aromatic N) is 1. The van der Waals surface area contributed by atoms with Crippen molar-refractivity contribution in [1.29, 1.82) is 0 Å². The highest BCUT2D eigenvalue weighted by Gasteiger charge is 2.43. The largest absolute Gasteiger partial charge is 0.450 e. The van der Waals surface area contributed by atoms with E-state index in [4.69, 9.17) is 16.0 Å². The SMILES string of the molecule is Cc1cccc(N2C(=O)c3oc4ccc(Cl)cc4c(=O)c3C2c2ccc(C(C)C)cc2)c1. The number of carbonyl (C=O) groups is 1. The van der Waals surface area contributed by atoms with Crippen LogP contribution in [0.2, 0.25) is 5.02 Å². The third-order valence-corrected chi connectivity index (χ3v) is 6.27. The molecule has 0 fully saturated rings. The van der Waals surface area contributed by atoms with E-state index in [2.05, 4.69) is 26.0 Å². The molecule has 0 saturated heterocycles. The predicted molar refractivity (Wildman–Crippen MR) is 128 cm³/mol. The topological polar surface area (TPSA) is 50.5 Å². The molecule has 32 heavy (non-hydrogen) atoms. The molecule has 4 aromatic rings. The summed E-state index contributed by atoms with van der Waals surface area (Å²) in [6.45, 7) is 6.24. The summed E-state index contributed by atoms with van der Waals surface area (Å²) >= 11 is 6.15. The Kier molecular flexibility index (Phi) is 4.90. The van der Waals surface area contributed by atoms with Gasteiger partial charge in [-0.3, -0.25) is 14.5 Å². The monoisotopic (exact) mass is 443 g/mol. The van der Waals surface area contributed by atoms with Gasteiger partial charge in [0.05, 0.1) is 17.0 Å². The molecule has 1 atom stereocenters. The number of rotatable bonds is 3. The van der Waals surface area contributed by atoms with Gasteiger partial charge < -0.3 is 4.42 Å². The van der Waals surface area contributed by atoms with Gasteiger partial charge in [0.15, 0.2) is 5.43 Å². The molecule has 1 amide bonds. The van der Waals surface area contributed by atoms with Gasteiger partial charge in [0.25, 0.3) is 5.91 Å². The maximum Gasteiger partial charge on any atom is 0.295 e. The van der Waals surface area contributed by atoms with Crippen LogP contribution in [-0.2, 0) is 0 Å². The first kappa shape index (κ1) is 20.5. The molecular formula is C27H22ClNO3. The highest BCUT2D eigenvalue weighted by Crippen LogP contribution is 2.41. The summed E-state index contributed by atoms with van der Waals surface area (Å²) in [5.41, 5.74) is 4.27. The van der Waals surface area contributed by atoms with Gasteiger partial charge in [-0.15, -0.1) is 0 Å². The molecule has 160 valence electrons. The zero-order valence-electron chi connectivity index (χ0n) is 18.1. The fourth-order valence-corrected chi connectivity index (χ4v) is 4.54. The van der Waals surface area contributed by atoms with Crippen molar-refractivity contribution < 1.29 is 9.21 Å². The smallest absolute Gasteiger partial charge is 0.295 e. The Hall–Kier alpha value is -3.37. The molecule has 0 bridgehead atoms. The van der Waals surface area contributed by atoms with Crippen LogP contribution in [0.3, 0.4) is 0 Å². The van der Waals surface area contributed by atoms with Crippen LogP contribution in [0, 0.1) is 6.92 Å². The van der Waals surface area contributed by atoms with Crippen LogP contribution in [0.15, 0.2) is 75.9 Å². The quantitative estimate of drug-likeness (QED) is 0.357. The molecule has 0 N–H and O–H groups in total. The molecule has 3 aromatic carbocycles. The van der Waals surface area contributed by atoms with Crippen molar-refractivity contribution in [1.82, 2.24) is 0 Å². The lowest BCUT2D eigenvalue weighted by molar-refractivity contribution is 0.0971. The molecule has 1 unspecified atom stereocenters. The summed E-state index contributed by atoms with van der Waals surface area (Å²) in [4.78, 5) is 28.9. The number of amides is 1. The Bertz CT molecular complexity index is 1420. The molecule has 2 heterocycles. The minimum absolute atomic E-state index is 0.0873. The standard InChI is InChI=1S/C27H22ClNO3/c1-15(2)17-7-9-18(10-8-17)24-23-25(30)21-14-19(28)11-12-22(21)32-26(23)27(31)29(24)20-6-4-5-16(3)13-20/h4-15,24H,1-3H3. The van der Waals surface area contributed by atoms with Crippen molar-refractivity contribution in [3.63, 3.8) is 0 Å². The summed E-state index contributed by atoms with van der Waals surface area (Å²) in [6.07, 6.45) is 0. The Labute approximate surface area is 191 Å². The lowest BCUT2D eigenvalue weighted by atomic mass is 9.95. The fourth-order valence-electron chi connectivity index (χ4n) is 4.37. The molecule has 0 spiro atoms. The molecule has 4 nitrogen and oxygen atoms in total. The maximum absolute atomic E-state index is 13.6. The summed E-state index contributed by atoms with van der Waals surface area (Å²) in [6, 6.07) is 20.1. The summed E-state index contributed by atoms with van der Waals surface area (Å²) < 4.78 is 6.00. The highest BCUT2D eigenvalue weighted by atomic mass is 35.5. The normalized spacial score (nSPS) is 15.6. The minimum Gasteiger partial charge on any atom is -0.450 e. The summed E-state index contributed by atoms with van der Waals surface area (Å²) in [5.74, 6) is 0.146. The number of hydrogen-bond acceptors (Lipinski definition) is 3. The van der Waals surface area contributed by atoms with Crippen LogP contribution >= 0.6 is 11.6 Å². The Morgan fingerprint density at radius 3 is 2.41 bits per heavy atom.